The number of ketones is 1. The molecule has 234 valence electrons. The summed E-state index contributed by atoms with van der Waals surface area (Å²) in [6.45, 7) is 0.481. The van der Waals surface area contributed by atoms with Gasteiger partial charge in [0.1, 0.15) is 18.1 Å². The fourth-order valence-corrected chi connectivity index (χ4v) is 5.07. The van der Waals surface area contributed by atoms with Gasteiger partial charge in [-0.15, -0.1) is 0 Å². The van der Waals surface area contributed by atoms with E-state index in [1.165, 1.54) is 6.08 Å². The van der Waals surface area contributed by atoms with Crippen LogP contribution in [0.25, 0.3) is 22.9 Å². The van der Waals surface area contributed by atoms with Crippen molar-refractivity contribution in [2.75, 3.05) is 5.32 Å². The molecule has 0 aliphatic carbocycles. The Morgan fingerprint density at radius 2 is 1.29 bits per heavy atom. The van der Waals surface area contributed by atoms with Crippen LogP contribution in [0.15, 0.2) is 163 Å². The van der Waals surface area contributed by atoms with E-state index in [0.29, 0.717) is 23.4 Å². The largest absolute Gasteiger partial charge is 0.489 e. The average Bonchev–Trinajstić information content (AvgIpc) is 3.14. The number of nitrogens with one attached hydrogen (secondary N) is 2. The molecule has 0 aromatic heterocycles. The Bertz CT molecular complexity index is 2100. The van der Waals surface area contributed by atoms with Crippen molar-refractivity contribution in [1.29, 1.82) is 0 Å². The minimum Gasteiger partial charge on any atom is -0.489 e. The fourth-order valence-electron chi connectivity index (χ4n) is 5.07. The van der Waals surface area contributed by atoms with Gasteiger partial charge in [-0.05, 0) is 88.1 Å². The number of fused-ring (bicyclic) bond motifs is 1. The predicted octanol–water partition coefficient (Wildman–Crippen LogP) is 8.72. The van der Waals surface area contributed by atoms with Gasteiger partial charge in [-0.2, -0.15) is 0 Å². The third-order valence-corrected chi connectivity index (χ3v) is 7.63. The maximum Gasteiger partial charge on any atom is 0.272 e. The molecule has 6 nitrogen and oxygen atoms in total. The van der Waals surface area contributed by atoms with Crippen molar-refractivity contribution in [3.05, 3.63) is 191 Å². The van der Waals surface area contributed by atoms with Crippen LogP contribution in [0.2, 0.25) is 0 Å². The van der Waals surface area contributed by atoms with Gasteiger partial charge in [0.25, 0.3) is 11.8 Å². The lowest BCUT2D eigenvalue weighted by atomic mass is 10.0. The normalized spacial score (nSPS) is 11.3. The first-order valence-corrected chi connectivity index (χ1v) is 15.5. The van der Waals surface area contributed by atoms with E-state index in [4.69, 9.17) is 4.74 Å². The van der Waals surface area contributed by atoms with E-state index in [2.05, 4.69) is 10.6 Å². The summed E-state index contributed by atoms with van der Waals surface area (Å²) in [5.74, 6) is -0.333. The predicted molar refractivity (Wildman–Crippen MR) is 191 cm³/mol. The highest BCUT2D eigenvalue weighted by Gasteiger charge is 2.16. The Kier molecular flexibility index (Phi) is 9.94. The van der Waals surface area contributed by atoms with E-state index >= 15 is 0 Å². The summed E-state index contributed by atoms with van der Waals surface area (Å²) < 4.78 is 5.84. The zero-order chi connectivity index (χ0) is 33.1. The lowest BCUT2D eigenvalue weighted by Crippen LogP contribution is -2.30. The molecule has 0 aliphatic heterocycles. The SMILES string of the molecule is O=C(Nc1ccc(C(=O)/C=C/c2ccc(OCc3ccccc3)cc2)cc1)/C(=C/c1cccc2ccccc12)NC(=O)c1ccccc1. The maximum atomic E-state index is 13.6. The fraction of sp³-hybridized carbons (Fsp3) is 0.0238. The molecule has 6 heteroatoms. The number of hydrogen-bond donors (Lipinski definition) is 2. The van der Waals surface area contributed by atoms with E-state index in [9.17, 15) is 14.4 Å². The van der Waals surface area contributed by atoms with Crippen LogP contribution in [0.4, 0.5) is 5.69 Å². The van der Waals surface area contributed by atoms with Crippen LogP contribution in [-0.2, 0) is 11.4 Å². The van der Waals surface area contributed by atoms with Gasteiger partial charge in [-0.3, -0.25) is 14.4 Å². The van der Waals surface area contributed by atoms with E-state index in [1.54, 1.807) is 60.7 Å². The summed E-state index contributed by atoms with van der Waals surface area (Å²) in [6.07, 6.45) is 4.93. The standard InChI is InChI=1S/C42H32N2O4/c45-40(27-20-30-18-25-37(26-19-30)48-29-31-10-3-1-4-11-31)33-21-23-36(24-22-33)43-42(47)39(44-41(46)34-13-5-2-6-14-34)28-35-16-9-15-32-12-7-8-17-38(32)35/h1-28H,29H2,(H,43,47)(H,44,46)/b27-20+,39-28-. The molecule has 0 heterocycles. The molecule has 0 saturated heterocycles. The van der Waals surface area contributed by atoms with Crippen LogP contribution >= 0.6 is 0 Å². The van der Waals surface area contributed by atoms with Gasteiger partial charge in [0.2, 0.25) is 0 Å². The monoisotopic (exact) mass is 628 g/mol. The Hall–Kier alpha value is -6.53. The minimum absolute atomic E-state index is 0.0831. The molecule has 0 atom stereocenters. The molecule has 0 unspecified atom stereocenters. The Balaban J connectivity index is 1.12. The van der Waals surface area contributed by atoms with Crippen LogP contribution in [0, 0.1) is 0 Å². The second-order valence-electron chi connectivity index (χ2n) is 11.0. The van der Waals surface area contributed by atoms with Gasteiger partial charge >= 0.3 is 0 Å². The summed E-state index contributed by atoms with van der Waals surface area (Å²) >= 11 is 0. The highest BCUT2D eigenvalue weighted by molar-refractivity contribution is 6.12. The van der Waals surface area contributed by atoms with E-state index in [-0.39, 0.29) is 11.5 Å². The Morgan fingerprint density at radius 1 is 0.625 bits per heavy atom. The van der Waals surface area contributed by atoms with E-state index in [1.807, 2.05) is 103 Å². The highest BCUT2D eigenvalue weighted by atomic mass is 16.5. The quantitative estimate of drug-likeness (QED) is 0.111. The second kappa shape index (κ2) is 15.2. The van der Waals surface area contributed by atoms with Gasteiger partial charge in [-0.1, -0.05) is 109 Å². The number of hydrogen-bond acceptors (Lipinski definition) is 4. The lowest BCUT2D eigenvalue weighted by molar-refractivity contribution is -0.113. The van der Waals surface area contributed by atoms with Crippen LogP contribution in [-0.4, -0.2) is 17.6 Å². The summed E-state index contributed by atoms with van der Waals surface area (Å²) in [5.41, 5.74) is 4.19. The number of carbonyl (C=O) groups excluding carboxylic acids is 3. The van der Waals surface area contributed by atoms with Crippen molar-refractivity contribution in [3.63, 3.8) is 0 Å². The average molecular weight is 629 g/mol. The molecule has 6 aromatic rings. The van der Waals surface area contributed by atoms with E-state index < -0.39 is 11.8 Å². The van der Waals surface area contributed by atoms with Crippen molar-refractivity contribution in [3.8, 4) is 5.75 Å². The third-order valence-electron chi connectivity index (χ3n) is 7.63. The number of rotatable bonds is 11. The Labute approximate surface area is 279 Å². The lowest BCUT2D eigenvalue weighted by Gasteiger charge is -2.12. The number of carbonyl (C=O) groups is 3. The molecule has 0 aliphatic rings. The van der Waals surface area contributed by atoms with E-state index in [0.717, 1.165) is 33.2 Å². The molecule has 0 spiro atoms. The van der Waals surface area contributed by atoms with Gasteiger partial charge in [-0.25, -0.2) is 0 Å². The molecule has 0 saturated carbocycles. The zero-order valence-electron chi connectivity index (χ0n) is 26.0. The smallest absolute Gasteiger partial charge is 0.272 e. The molecule has 0 radical (unpaired) electrons. The second-order valence-corrected chi connectivity index (χ2v) is 11.0. The Morgan fingerprint density at radius 3 is 2.04 bits per heavy atom. The summed E-state index contributed by atoms with van der Waals surface area (Å²) in [6, 6.07) is 46.4. The van der Waals surface area contributed by atoms with Crippen molar-refractivity contribution in [2.24, 2.45) is 0 Å². The van der Waals surface area contributed by atoms with Crippen LogP contribution in [0.5, 0.6) is 5.75 Å². The van der Waals surface area contributed by atoms with Crippen LogP contribution in [0.1, 0.15) is 37.4 Å². The number of amides is 2. The molecular weight excluding hydrogens is 596 g/mol. The molecule has 48 heavy (non-hydrogen) atoms. The molecule has 0 fully saturated rings. The van der Waals surface area contributed by atoms with Gasteiger partial charge in [0.15, 0.2) is 5.78 Å². The molecule has 2 amide bonds. The van der Waals surface area contributed by atoms with Crippen molar-refractivity contribution in [1.82, 2.24) is 5.32 Å². The third kappa shape index (κ3) is 8.19. The number of ether oxygens (including phenoxy) is 1. The summed E-state index contributed by atoms with van der Waals surface area (Å²) in [7, 11) is 0. The van der Waals surface area contributed by atoms with Gasteiger partial charge < -0.3 is 15.4 Å². The van der Waals surface area contributed by atoms with Crippen molar-refractivity contribution in [2.45, 2.75) is 6.61 Å². The van der Waals surface area contributed by atoms with Crippen molar-refractivity contribution >= 4 is 46.2 Å². The number of benzene rings is 6. The van der Waals surface area contributed by atoms with Crippen molar-refractivity contribution < 1.29 is 19.1 Å². The van der Waals surface area contributed by atoms with Crippen LogP contribution < -0.4 is 15.4 Å². The number of anilines is 1. The minimum atomic E-state index is -0.498. The zero-order valence-corrected chi connectivity index (χ0v) is 26.0. The summed E-state index contributed by atoms with van der Waals surface area (Å²) in [4.78, 5) is 39.5. The molecule has 2 N–H and O–H groups in total. The molecular formula is C42H32N2O4. The first kappa shape index (κ1) is 31.5. The summed E-state index contributed by atoms with van der Waals surface area (Å²) in [5, 5.41) is 7.60. The van der Waals surface area contributed by atoms with Gasteiger partial charge in [0, 0.05) is 16.8 Å². The highest BCUT2D eigenvalue weighted by Crippen LogP contribution is 2.22. The molecule has 6 aromatic carbocycles. The van der Waals surface area contributed by atoms with Crippen LogP contribution in [0.3, 0.4) is 0 Å². The maximum absolute atomic E-state index is 13.6. The van der Waals surface area contributed by atoms with Gasteiger partial charge in [0.05, 0.1) is 0 Å². The first-order chi connectivity index (χ1) is 23.5. The molecule has 0 bridgehead atoms. The topological polar surface area (TPSA) is 84.5 Å². The first-order valence-electron chi connectivity index (χ1n) is 15.5. The molecule has 6 rings (SSSR count). The number of allylic oxidation sites excluding steroid dienone is 1.